The second-order valence-corrected chi connectivity index (χ2v) is 5.50. The molecule has 110 valence electrons. The van der Waals surface area contributed by atoms with E-state index in [0.29, 0.717) is 6.42 Å². The van der Waals surface area contributed by atoms with Crippen LogP contribution in [0.3, 0.4) is 0 Å². The number of thioether (sulfide) groups is 1. The van der Waals surface area contributed by atoms with Crippen molar-refractivity contribution in [3.8, 4) is 5.75 Å². The number of hydrogen-bond acceptors (Lipinski definition) is 3. The number of rotatable bonds is 6. The molecule has 3 nitrogen and oxygen atoms in total. The molecule has 0 aliphatic carbocycles. The molecule has 0 bridgehead atoms. The molecule has 1 N–H and O–H groups in total. The third kappa shape index (κ3) is 4.83. The number of carbonyl (C=O) groups is 1. The normalized spacial score (nSPS) is 10.2. The SMILES string of the molecule is COc1ccc(CCC(=O)Nc2ccc(SC)cc2)cc1. The molecule has 2 aromatic carbocycles. The number of carbonyl (C=O) groups excluding carboxylic acids is 1. The van der Waals surface area contributed by atoms with Gasteiger partial charge in [0.05, 0.1) is 7.11 Å². The Labute approximate surface area is 129 Å². The molecule has 2 aromatic rings. The number of hydrogen-bond donors (Lipinski definition) is 1. The average molecular weight is 301 g/mol. The Hall–Kier alpha value is -1.94. The van der Waals surface area contributed by atoms with Gasteiger partial charge in [-0.1, -0.05) is 12.1 Å². The molecule has 1 amide bonds. The number of benzene rings is 2. The summed E-state index contributed by atoms with van der Waals surface area (Å²) in [7, 11) is 1.64. The van der Waals surface area contributed by atoms with E-state index in [1.54, 1.807) is 18.9 Å². The molecular formula is C17H19NO2S. The van der Waals surface area contributed by atoms with E-state index in [0.717, 1.165) is 23.4 Å². The lowest BCUT2D eigenvalue weighted by molar-refractivity contribution is -0.116. The van der Waals surface area contributed by atoms with Gasteiger partial charge in [0.2, 0.25) is 5.91 Å². The molecule has 0 aliphatic heterocycles. The number of ether oxygens (including phenoxy) is 1. The summed E-state index contributed by atoms with van der Waals surface area (Å²) in [6, 6.07) is 15.7. The zero-order valence-electron chi connectivity index (χ0n) is 12.3. The second kappa shape index (κ2) is 7.74. The number of methoxy groups -OCH3 is 1. The summed E-state index contributed by atoms with van der Waals surface area (Å²) in [4.78, 5) is 13.1. The van der Waals surface area contributed by atoms with E-state index in [2.05, 4.69) is 5.32 Å². The van der Waals surface area contributed by atoms with Crippen LogP contribution < -0.4 is 10.1 Å². The van der Waals surface area contributed by atoms with Crippen LogP contribution in [0.1, 0.15) is 12.0 Å². The number of anilines is 1. The fourth-order valence-corrected chi connectivity index (χ4v) is 2.36. The molecule has 0 fully saturated rings. The number of amides is 1. The van der Waals surface area contributed by atoms with Crippen LogP contribution in [0.15, 0.2) is 53.4 Å². The van der Waals surface area contributed by atoms with E-state index in [1.807, 2.05) is 54.8 Å². The second-order valence-electron chi connectivity index (χ2n) is 4.62. The largest absolute Gasteiger partial charge is 0.497 e. The first kappa shape index (κ1) is 15.4. The Morgan fingerprint density at radius 2 is 1.76 bits per heavy atom. The van der Waals surface area contributed by atoms with Crippen molar-refractivity contribution in [1.82, 2.24) is 0 Å². The van der Waals surface area contributed by atoms with Crippen molar-refractivity contribution in [2.75, 3.05) is 18.7 Å². The van der Waals surface area contributed by atoms with Gasteiger partial charge in [-0.3, -0.25) is 4.79 Å². The van der Waals surface area contributed by atoms with Gasteiger partial charge in [-0.2, -0.15) is 0 Å². The van der Waals surface area contributed by atoms with Crippen molar-refractivity contribution in [3.63, 3.8) is 0 Å². The van der Waals surface area contributed by atoms with Gasteiger partial charge in [-0.05, 0) is 54.6 Å². The van der Waals surface area contributed by atoms with Crippen molar-refractivity contribution in [1.29, 1.82) is 0 Å². The van der Waals surface area contributed by atoms with Gasteiger partial charge in [-0.25, -0.2) is 0 Å². The first-order chi connectivity index (χ1) is 10.2. The fraction of sp³-hybridized carbons (Fsp3) is 0.235. The maximum absolute atomic E-state index is 11.9. The zero-order valence-corrected chi connectivity index (χ0v) is 13.1. The lowest BCUT2D eigenvalue weighted by atomic mass is 10.1. The standard InChI is InChI=1S/C17H19NO2S/c1-20-15-8-3-13(4-9-15)5-12-17(19)18-14-6-10-16(21-2)11-7-14/h3-4,6-11H,5,12H2,1-2H3,(H,18,19). The van der Waals surface area contributed by atoms with Crippen LogP contribution in [0.5, 0.6) is 5.75 Å². The number of nitrogens with one attached hydrogen (secondary N) is 1. The van der Waals surface area contributed by atoms with Gasteiger partial charge in [0, 0.05) is 17.0 Å². The van der Waals surface area contributed by atoms with E-state index in [4.69, 9.17) is 4.74 Å². The van der Waals surface area contributed by atoms with E-state index >= 15 is 0 Å². The van der Waals surface area contributed by atoms with Gasteiger partial charge >= 0.3 is 0 Å². The topological polar surface area (TPSA) is 38.3 Å². The molecule has 4 heteroatoms. The summed E-state index contributed by atoms with van der Waals surface area (Å²) in [6.07, 6.45) is 3.22. The van der Waals surface area contributed by atoms with Crippen molar-refractivity contribution >= 4 is 23.4 Å². The summed E-state index contributed by atoms with van der Waals surface area (Å²) < 4.78 is 5.11. The lowest BCUT2D eigenvalue weighted by Gasteiger charge is -2.06. The van der Waals surface area contributed by atoms with E-state index in [-0.39, 0.29) is 5.91 Å². The predicted molar refractivity (Wildman–Crippen MR) is 88.2 cm³/mol. The molecule has 0 spiro atoms. The van der Waals surface area contributed by atoms with Crippen molar-refractivity contribution < 1.29 is 9.53 Å². The van der Waals surface area contributed by atoms with Gasteiger partial charge in [0.15, 0.2) is 0 Å². The lowest BCUT2D eigenvalue weighted by Crippen LogP contribution is -2.12. The van der Waals surface area contributed by atoms with Crippen LogP contribution in [0.25, 0.3) is 0 Å². The van der Waals surface area contributed by atoms with Gasteiger partial charge < -0.3 is 10.1 Å². The molecule has 0 saturated heterocycles. The minimum Gasteiger partial charge on any atom is -0.497 e. The molecule has 0 unspecified atom stereocenters. The van der Waals surface area contributed by atoms with Gasteiger partial charge in [-0.15, -0.1) is 11.8 Å². The Bertz CT molecular complexity index is 579. The third-order valence-electron chi connectivity index (χ3n) is 3.17. The maximum Gasteiger partial charge on any atom is 0.224 e. The smallest absolute Gasteiger partial charge is 0.224 e. The quantitative estimate of drug-likeness (QED) is 0.820. The maximum atomic E-state index is 11.9. The zero-order chi connectivity index (χ0) is 15.1. The molecule has 0 saturated carbocycles. The molecule has 21 heavy (non-hydrogen) atoms. The Balaban J connectivity index is 1.83. The van der Waals surface area contributed by atoms with Gasteiger partial charge in [0.1, 0.15) is 5.75 Å². The first-order valence-corrected chi connectivity index (χ1v) is 8.00. The summed E-state index contributed by atoms with van der Waals surface area (Å²) in [5, 5.41) is 2.91. The van der Waals surface area contributed by atoms with Gasteiger partial charge in [0.25, 0.3) is 0 Å². The molecule has 0 heterocycles. The first-order valence-electron chi connectivity index (χ1n) is 6.78. The highest BCUT2D eigenvalue weighted by atomic mass is 32.2. The van der Waals surface area contributed by atoms with E-state index in [1.165, 1.54) is 4.90 Å². The molecule has 2 rings (SSSR count). The molecule has 0 aliphatic rings. The van der Waals surface area contributed by atoms with Crippen molar-refractivity contribution in [2.45, 2.75) is 17.7 Å². The number of aryl methyl sites for hydroxylation is 1. The Morgan fingerprint density at radius 1 is 1.10 bits per heavy atom. The highest BCUT2D eigenvalue weighted by Gasteiger charge is 2.03. The summed E-state index contributed by atoms with van der Waals surface area (Å²) in [5.41, 5.74) is 1.97. The van der Waals surface area contributed by atoms with E-state index < -0.39 is 0 Å². The Kier molecular flexibility index (Phi) is 5.69. The summed E-state index contributed by atoms with van der Waals surface area (Å²) in [5.74, 6) is 0.861. The van der Waals surface area contributed by atoms with Crippen LogP contribution in [-0.2, 0) is 11.2 Å². The third-order valence-corrected chi connectivity index (χ3v) is 3.92. The fourth-order valence-electron chi connectivity index (χ4n) is 1.95. The minimum absolute atomic E-state index is 0.0303. The molecule has 0 atom stereocenters. The summed E-state index contributed by atoms with van der Waals surface area (Å²) >= 11 is 1.68. The van der Waals surface area contributed by atoms with Crippen LogP contribution in [0.4, 0.5) is 5.69 Å². The minimum atomic E-state index is 0.0303. The molecule has 0 aromatic heterocycles. The van der Waals surface area contributed by atoms with Crippen molar-refractivity contribution in [3.05, 3.63) is 54.1 Å². The van der Waals surface area contributed by atoms with Crippen LogP contribution in [0, 0.1) is 0 Å². The average Bonchev–Trinajstić information content (AvgIpc) is 2.54. The van der Waals surface area contributed by atoms with Crippen LogP contribution in [-0.4, -0.2) is 19.3 Å². The van der Waals surface area contributed by atoms with Crippen LogP contribution >= 0.6 is 11.8 Å². The summed E-state index contributed by atoms with van der Waals surface area (Å²) in [6.45, 7) is 0. The Morgan fingerprint density at radius 3 is 2.33 bits per heavy atom. The van der Waals surface area contributed by atoms with Crippen molar-refractivity contribution in [2.24, 2.45) is 0 Å². The monoisotopic (exact) mass is 301 g/mol. The highest BCUT2D eigenvalue weighted by Crippen LogP contribution is 2.18. The molecular weight excluding hydrogens is 282 g/mol. The predicted octanol–water partition coefficient (Wildman–Crippen LogP) is 3.99. The highest BCUT2D eigenvalue weighted by molar-refractivity contribution is 7.98. The van der Waals surface area contributed by atoms with Crippen LogP contribution in [0.2, 0.25) is 0 Å². The van der Waals surface area contributed by atoms with E-state index in [9.17, 15) is 4.79 Å². The molecule has 0 radical (unpaired) electrons.